The number of aryl methyl sites for hydroxylation is 3. The number of allylic oxidation sites excluding steroid dienone is 2. The van der Waals surface area contributed by atoms with Crippen LogP contribution in [0.3, 0.4) is 0 Å². The molecule has 0 atom stereocenters. The van der Waals surface area contributed by atoms with Crippen LogP contribution in [0, 0.1) is 6.92 Å². The Balaban J connectivity index is 1.25. The molecule has 0 aromatic heterocycles. The number of nitrogens with zero attached hydrogens (tertiary/aromatic N) is 1. The zero-order valence-electron chi connectivity index (χ0n) is 23.6. The van der Waals surface area contributed by atoms with E-state index in [9.17, 15) is 0 Å². The van der Waals surface area contributed by atoms with Gasteiger partial charge in [-0.3, -0.25) is 0 Å². The highest BCUT2D eigenvalue weighted by atomic mass is 15.1. The van der Waals surface area contributed by atoms with Gasteiger partial charge >= 0.3 is 0 Å². The molecule has 0 fully saturated rings. The predicted molar refractivity (Wildman–Crippen MR) is 178 cm³/mol. The van der Waals surface area contributed by atoms with Crippen molar-refractivity contribution >= 4 is 41.4 Å². The highest BCUT2D eigenvalue weighted by Gasteiger charge is 2.16. The van der Waals surface area contributed by atoms with E-state index in [1.807, 2.05) is 6.07 Å². The van der Waals surface area contributed by atoms with Gasteiger partial charge in [0.05, 0.1) is 0 Å². The number of benzene rings is 5. The highest BCUT2D eigenvalue weighted by Crippen LogP contribution is 2.37. The fraction of sp³-hybridized carbons (Fsp3) is 0.100. The smallest absolute Gasteiger partial charge is 0.0464 e. The summed E-state index contributed by atoms with van der Waals surface area (Å²) in [5.41, 5.74) is 12.6. The van der Waals surface area contributed by atoms with Gasteiger partial charge in [-0.2, -0.15) is 0 Å². The first-order valence-electron chi connectivity index (χ1n) is 14.5. The van der Waals surface area contributed by atoms with Gasteiger partial charge in [-0.15, -0.1) is 0 Å². The second-order valence-corrected chi connectivity index (χ2v) is 10.7. The molecule has 0 unspecified atom stereocenters. The third-order valence-corrected chi connectivity index (χ3v) is 7.68. The first-order chi connectivity index (χ1) is 20.2. The summed E-state index contributed by atoms with van der Waals surface area (Å²) in [5, 5.41) is 0. The van der Waals surface area contributed by atoms with Gasteiger partial charge in [0.25, 0.3) is 0 Å². The molecule has 0 aliphatic heterocycles. The fourth-order valence-electron chi connectivity index (χ4n) is 5.38. The molecule has 5 aromatic rings. The Kier molecular flexibility index (Phi) is 8.05. The molecule has 1 aliphatic rings. The van der Waals surface area contributed by atoms with Crippen LogP contribution in [0.1, 0.15) is 45.4 Å². The molecule has 1 heteroatoms. The standard InChI is InChI=1S/C40H35N/c1-31-14-16-34(17-15-31)18-19-35-22-27-39(28-23-35)41(40-29-24-36-12-7-13-37(36)30-40)38-25-20-33(21-26-38)11-6-5-10-32-8-3-2-4-9-32/h2-6,8-11,14-30H,7,12-13H2,1H3. The maximum absolute atomic E-state index is 2.38. The van der Waals surface area contributed by atoms with E-state index in [1.165, 1.54) is 63.9 Å². The van der Waals surface area contributed by atoms with Crippen LogP contribution in [0.5, 0.6) is 0 Å². The van der Waals surface area contributed by atoms with E-state index in [2.05, 4.69) is 164 Å². The molecule has 0 radical (unpaired) electrons. The maximum Gasteiger partial charge on any atom is 0.0464 e. The lowest BCUT2D eigenvalue weighted by Crippen LogP contribution is -2.10. The van der Waals surface area contributed by atoms with Crippen molar-refractivity contribution in [1.29, 1.82) is 0 Å². The minimum atomic E-state index is 1.16. The van der Waals surface area contributed by atoms with Crippen LogP contribution < -0.4 is 4.90 Å². The fourth-order valence-corrected chi connectivity index (χ4v) is 5.38. The second kappa shape index (κ2) is 12.5. The number of hydrogen-bond donors (Lipinski definition) is 0. The van der Waals surface area contributed by atoms with Crippen molar-refractivity contribution in [3.8, 4) is 0 Å². The zero-order valence-corrected chi connectivity index (χ0v) is 23.6. The van der Waals surface area contributed by atoms with E-state index < -0.39 is 0 Å². The maximum atomic E-state index is 2.38. The molecule has 0 heterocycles. The SMILES string of the molecule is Cc1ccc(C=Cc2ccc(N(c3ccc(C=CC=Cc4ccccc4)cc3)c3ccc4c(c3)CCC4)cc2)cc1. The molecular formula is C40H35N. The van der Waals surface area contributed by atoms with Gasteiger partial charge in [0, 0.05) is 17.1 Å². The van der Waals surface area contributed by atoms with E-state index in [0.717, 1.165) is 11.4 Å². The van der Waals surface area contributed by atoms with Gasteiger partial charge < -0.3 is 4.90 Å². The molecule has 5 aromatic carbocycles. The average molecular weight is 530 g/mol. The quantitative estimate of drug-likeness (QED) is 0.143. The molecule has 200 valence electrons. The van der Waals surface area contributed by atoms with Crippen molar-refractivity contribution in [2.24, 2.45) is 0 Å². The lowest BCUT2D eigenvalue weighted by Gasteiger charge is -2.26. The topological polar surface area (TPSA) is 3.24 Å². The Morgan fingerprint density at radius 2 is 0.951 bits per heavy atom. The van der Waals surface area contributed by atoms with E-state index in [1.54, 1.807) is 0 Å². The first-order valence-corrected chi connectivity index (χ1v) is 14.5. The summed E-state index contributed by atoms with van der Waals surface area (Å²) in [7, 11) is 0. The first kappa shape index (κ1) is 26.3. The lowest BCUT2D eigenvalue weighted by molar-refractivity contribution is 0.912. The summed E-state index contributed by atoms with van der Waals surface area (Å²) in [4.78, 5) is 2.37. The molecule has 0 spiro atoms. The zero-order chi connectivity index (χ0) is 27.9. The summed E-state index contributed by atoms with van der Waals surface area (Å²) in [6.45, 7) is 2.12. The van der Waals surface area contributed by atoms with Gasteiger partial charge in [-0.25, -0.2) is 0 Å². The molecule has 0 N–H and O–H groups in total. The Bertz CT molecular complexity index is 1670. The van der Waals surface area contributed by atoms with Crippen LogP contribution in [0.2, 0.25) is 0 Å². The molecule has 0 saturated carbocycles. The van der Waals surface area contributed by atoms with E-state index in [0.29, 0.717) is 0 Å². The van der Waals surface area contributed by atoms with Crippen LogP contribution in [0.25, 0.3) is 24.3 Å². The van der Waals surface area contributed by atoms with E-state index in [4.69, 9.17) is 0 Å². The minimum absolute atomic E-state index is 1.16. The van der Waals surface area contributed by atoms with E-state index in [-0.39, 0.29) is 0 Å². The van der Waals surface area contributed by atoms with Gasteiger partial charge in [-0.05, 0) is 96.0 Å². The molecular weight excluding hydrogens is 494 g/mol. The Morgan fingerprint density at radius 1 is 0.463 bits per heavy atom. The Labute approximate surface area is 244 Å². The van der Waals surface area contributed by atoms with Crippen molar-refractivity contribution in [3.05, 3.63) is 172 Å². The minimum Gasteiger partial charge on any atom is -0.310 e. The van der Waals surface area contributed by atoms with Crippen molar-refractivity contribution in [2.75, 3.05) is 4.90 Å². The molecule has 0 bridgehead atoms. The van der Waals surface area contributed by atoms with Crippen LogP contribution in [-0.2, 0) is 12.8 Å². The number of fused-ring (bicyclic) bond motifs is 1. The normalized spacial score (nSPS) is 12.9. The molecule has 1 aliphatic carbocycles. The molecule has 6 rings (SSSR count). The van der Waals surface area contributed by atoms with Crippen LogP contribution in [0.15, 0.2) is 133 Å². The van der Waals surface area contributed by atoms with Gasteiger partial charge in [-0.1, -0.05) is 127 Å². The molecule has 0 amide bonds. The van der Waals surface area contributed by atoms with Crippen LogP contribution in [0.4, 0.5) is 17.1 Å². The monoisotopic (exact) mass is 529 g/mol. The summed E-state index contributed by atoms with van der Waals surface area (Å²) >= 11 is 0. The third-order valence-electron chi connectivity index (χ3n) is 7.68. The highest BCUT2D eigenvalue weighted by molar-refractivity contribution is 5.79. The Hall–Kier alpha value is -4.88. The number of rotatable bonds is 8. The summed E-state index contributed by atoms with van der Waals surface area (Å²) < 4.78 is 0. The van der Waals surface area contributed by atoms with Gasteiger partial charge in [0.1, 0.15) is 0 Å². The van der Waals surface area contributed by atoms with Crippen molar-refractivity contribution in [1.82, 2.24) is 0 Å². The molecule has 41 heavy (non-hydrogen) atoms. The van der Waals surface area contributed by atoms with Gasteiger partial charge in [0.2, 0.25) is 0 Å². The molecule has 0 saturated heterocycles. The largest absolute Gasteiger partial charge is 0.310 e. The average Bonchev–Trinajstić information content (AvgIpc) is 3.49. The predicted octanol–water partition coefficient (Wildman–Crippen LogP) is 10.9. The third kappa shape index (κ3) is 6.65. The molecule has 1 nitrogen and oxygen atoms in total. The summed E-state index contributed by atoms with van der Waals surface area (Å²) in [6, 6.07) is 43.7. The van der Waals surface area contributed by atoms with Crippen LogP contribution in [-0.4, -0.2) is 0 Å². The van der Waals surface area contributed by atoms with Gasteiger partial charge in [0.15, 0.2) is 0 Å². The van der Waals surface area contributed by atoms with E-state index >= 15 is 0 Å². The van der Waals surface area contributed by atoms with Crippen molar-refractivity contribution in [3.63, 3.8) is 0 Å². The Morgan fingerprint density at radius 3 is 1.56 bits per heavy atom. The summed E-state index contributed by atoms with van der Waals surface area (Å²) in [5.74, 6) is 0. The summed E-state index contributed by atoms with van der Waals surface area (Å²) in [6.07, 6.45) is 16.4. The second-order valence-electron chi connectivity index (χ2n) is 10.7. The number of hydrogen-bond acceptors (Lipinski definition) is 1. The lowest BCUT2D eigenvalue weighted by atomic mass is 10.1. The van der Waals surface area contributed by atoms with Crippen LogP contribution >= 0.6 is 0 Å². The van der Waals surface area contributed by atoms with Crippen molar-refractivity contribution in [2.45, 2.75) is 26.2 Å². The number of anilines is 3. The van der Waals surface area contributed by atoms with Crippen molar-refractivity contribution < 1.29 is 0 Å².